The van der Waals surface area contributed by atoms with Gasteiger partial charge in [-0.15, -0.1) is 0 Å². The van der Waals surface area contributed by atoms with Crippen molar-refractivity contribution in [2.75, 3.05) is 13.3 Å². The van der Waals surface area contributed by atoms with E-state index in [4.69, 9.17) is 14.5 Å². The predicted molar refractivity (Wildman–Crippen MR) is 118 cm³/mol. The Balaban J connectivity index is 1.51. The van der Waals surface area contributed by atoms with Gasteiger partial charge in [-0.05, 0) is 42.3 Å². The molecule has 0 N–H and O–H groups in total. The molecule has 3 aromatic carbocycles. The summed E-state index contributed by atoms with van der Waals surface area (Å²) < 4.78 is 39.3. The lowest BCUT2D eigenvalue weighted by molar-refractivity contribution is 0.174. The number of aryl methyl sites for hydroxylation is 1. The van der Waals surface area contributed by atoms with Crippen LogP contribution in [-0.2, 0) is 16.4 Å². The summed E-state index contributed by atoms with van der Waals surface area (Å²) in [7, 11) is -3.73. The first-order valence-corrected chi connectivity index (χ1v) is 11.5. The standard InChI is InChI=1S/C24H22N2O4S/c1-17-7-10-20(11-8-17)31(27,28)26-15-21(19-5-3-2-4-6-19)25-24(26)14-18-9-12-22-23(13-18)30-16-29-22/h2-13,21H,14-16H2,1H3. The normalized spacial score (nSPS) is 17.6. The molecule has 0 spiro atoms. The van der Waals surface area contributed by atoms with Crippen LogP contribution in [0.5, 0.6) is 11.5 Å². The van der Waals surface area contributed by atoms with E-state index in [2.05, 4.69) is 0 Å². The average molecular weight is 435 g/mol. The molecule has 0 saturated carbocycles. The van der Waals surface area contributed by atoms with Crippen molar-refractivity contribution in [3.05, 3.63) is 89.5 Å². The molecule has 0 saturated heterocycles. The monoisotopic (exact) mass is 434 g/mol. The van der Waals surface area contributed by atoms with Gasteiger partial charge in [0.05, 0.1) is 17.5 Å². The Bertz CT molecular complexity index is 1240. The van der Waals surface area contributed by atoms with Gasteiger partial charge < -0.3 is 9.47 Å². The summed E-state index contributed by atoms with van der Waals surface area (Å²) in [6, 6.07) is 22.1. The van der Waals surface area contributed by atoms with E-state index in [0.29, 0.717) is 23.8 Å². The summed E-state index contributed by atoms with van der Waals surface area (Å²) in [5.41, 5.74) is 2.92. The first-order valence-electron chi connectivity index (χ1n) is 10.1. The van der Waals surface area contributed by atoms with Crippen LogP contribution in [0.1, 0.15) is 22.7 Å². The van der Waals surface area contributed by atoms with Crippen LogP contribution in [0.25, 0.3) is 0 Å². The average Bonchev–Trinajstić information content (AvgIpc) is 3.42. The zero-order valence-electron chi connectivity index (χ0n) is 17.1. The van der Waals surface area contributed by atoms with Gasteiger partial charge in [0, 0.05) is 6.42 Å². The van der Waals surface area contributed by atoms with Gasteiger partial charge in [0.15, 0.2) is 11.5 Å². The summed E-state index contributed by atoms with van der Waals surface area (Å²) in [5.74, 6) is 1.89. The van der Waals surface area contributed by atoms with E-state index < -0.39 is 10.0 Å². The molecule has 31 heavy (non-hydrogen) atoms. The lowest BCUT2D eigenvalue weighted by atomic mass is 10.1. The van der Waals surface area contributed by atoms with Crippen LogP contribution in [0.15, 0.2) is 82.7 Å². The highest BCUT2D eigenvalue weighted by atomic mass is 32.2. The number of benzene rings is 3. The van der Waals surface area contributed by atoms with E-state index in [-0.39, 0.29) is 24.3 Å². The third-order valence-electron chi connectivity index (χ3n) is 5.52. The molecule has 1 atom stereocenters. The number of nitrogens with zero attached hydrogens (tertiary/aromatic N) is 2. The second-order valence-corrected chi connectivity index (χ2v) is 9.55. The second kappa shape index (κ2) is 7.74. The fourth-order valence-electron chi connectivity index (χ4n) is 3.84. The Labute approximate surface area is 181 Å². The van der Waals surface area contributed by atoms with Crippen LogP contribution < -0.4 is 9.47 Å². The molecule has 0 bridgehead atoms. The van der Waals surface area contributed by atoms with Gasteiger partial charge in [-0.25, -0.2) is 8.42 Å². The highest BCUT2D eigenvalue weighted by Crippen LogP contribution is 2.34. The minimum atomic E-state index is -3.73. The molecule has 0 fully saturated rings. The fraction of sp³-hybridized carbons (Fsp3) is 0.208. The Morgan fingerprint density at radius 3 is 2.48 bits per heavy atom. The molecule has 3 aromatic rings. The number of aliphatic imine (C=N–C) groups is 1. The highest BCUT2D eigenvalue weighted by molar-refractivity contribution is 7.89. The van der Waals surface area contributed by atoms with Crippen molar-refractivity contribution < 1.29 is 17.9 Å². The minimum Gasteiger partial charge on any atom is -0.454 e. The topological polar surface area (TPSA) is 68.2 Å². The van der Waals surface area contributed by atoms with Crippen LogP contribution in [0.2, 0.25) is 0 Å². The van der Waals surface area contributed by atoms with E-state index in [1.165, 1.54) is 4.31 Å². The van der Waals surface area contributed by atoms with E-state index >= 15 is 0 Å². The number of hydrogen-bond acceptors (Lipinski definition) is 5. The molecule has 0 aliphatic carbocycles. The molecule has 5 rings (SSSR count). The lowest BCUT2D eigenvalue weighted by Gasteiger charge is -2.21. The maximum absolute atomic E-state index is 13.5. The first-order chi connectivity index (χ1) is 15.0. The summed E-state index contributed by atoms with van der Waals surface area (Å²) >= 11 is 0. The van der Waals surface area contributed by atoms with Crippen molar-refractivity contribution >= 4 is 15.9 Å². The Kier molecular flexibility index (Phi) is 4.90. The molecule has 2 heterocycles. The molecule has 1 unspecified atom stereocenters. The highest BCUT2D eigenvalue weighted by Gasteiger charge is 2.35. The molecule has 2 aliphatic rings. The van der Waals surface area contributed by atoms with Crippen LogP contribution >= 0.6 is 0 Å². The predicted octanol–water partition coefficient (Wildman–Crippen LogP) is 4.11. The molecule has 7 heteroatoms. The summed E-state index contributed by atoms with van der Waals surface area (Å²) in [6.07, 6.45) is 0.380. The van der Waals surface area contributed by atoms with Gasteiger partial charge in [-0.2, -0.15) is 0 Å². The summed E-state index contributed by atoms with van der Waals surface area (Å²) in [6.45, 7) is 2.41. The largest absolute Gasteiger partial charge is 0.454 e. The van der Waals surface area contributed by atoms with Gasteiger partial charge in [0.2, 0.25) is 6.79 Å². The maximum Gasteiger partial charge on any atom is 0.265 e. The third-order valence-corrected chi connectivity index (χ3v) is 7.33. The van der Waals surface area contributed by atoms with E-state index in [1.807, 2.05) is 67.6 Å². The third kappa shape index (κ3) is 3.77. The van der Waals surface area contributed by atoms with Gasteiger partial charge in [-0.3, -0.25) is 9.30 Å². The zero-order valence-corrected chi connectivity index (χ0v) is 17.9. The smallest absolute Gasteiger partial charge is 0.265 e. The van der Waals surface area contributed by atoms with Crippen LogP contribution in [-0.4, -0.2) is 31.9 Å². The number of amidine groups is 1. The summed E-state index contributed by atoms with van der Waals surface area (Å²) in [4.78, 5) is 5.10. The molecule has 2 aliphatic heterocycles. The van der Waals surface area contributed by atoms with Gasteiger partial charge >= 0.3 is 0 Å². The van der Waals surface area contributed by atoms with Crippen molar-refractivity contribution in [2.24, 2.45) is 4.99 Å². The number of hydrogen-bond donors (Lipinski definition) is 0. The van der Waals surface area contributed by atoms with E-state index in [1.54, 1.807) is 12.1 Å². The van der Waals surface area contributed by atoms with Crippen molar-refractivity contribution in [1.82, 2.24) is 4.31 Å². The van der Waals surface area contributed by atoms with E-state index in [0.717, 1.165) is 16.7 Å². The molecule has 0 radical (unpaired) electrons. The maximum atomic E-state index is 13.5. The number of ether oxygens (including phenoxy) is 2. The van der Waals surface area contributed by atoms with Crippen LogP contribution in [0, 0.1) is 6.92 Å². The molecule has 6 nitrogen and oxygen atoms in total. The quantitative estimate of drug-likeness (QED) is 0.606. The molecule has 0 amide bonds. The van der Waals surface area contributed by atoms with Crippen LogP contribution in [0.3, 0.4) is 0 Å². The van der Waals surface area contributed by atoms with Gasteiger partial charge in [-0.1, -0.05) is 54.1 Å². The van der Waals surface area contributed by atoms with Crippen molar-refractivity contribution in [3.63, 3.8) is 0 Å². The Morgan fingerprint density at radius 1 is 0.968 bits per heavy atom. The SMILES string of the molecule is Cc1ccc(S(=O)(=O)N2CC(c3ccccc3)N=C2Cc2ccc3c(c2)OCO3)cc1. The number of sulfonamides is 1. The molecular weight excluding hydrogens is 412 g/mol. The van der Waals surface area contributed by atoms with Crippen molar-refractivity contribution in [2.45, 2.75) is 24.3 Å². The van der Waals surface area contributed by atoms with E-state index in [9.17, 15) is 8.42 Å². The minimum absolute atomic E-state index is 0.198. The number of rotatable bonds is 5. The zero-order chi connectivity index (χ0) is 21.4. The second-order valence-electron chi connectivity index (χ2n) is 7.69. The van der Waals surface area contributed by atoms with Crippen molar-refractivity contribution in [1.29, 1.82) is 0 Å². The number of fused-ring (bicyclic) bond motifs is 1. The summed E-state index contributed by atoms with van der Waals surface area (Å²) in [5, 5.41) is 0. The Hall–Kier alpha value is -3.32. The Morgan fingerprint density at radius 2 is 1.71 bits per heavy atom. The molecule has 158 valence electrons. The first kappa shape index (κ1) is 19.6. The fourth-order valence-corrected chi connectivity index (χ4v) is 5.31. The van der Waals surface area contributed by atoms with Crippen LogP contribution in [0.4, 0.5) is 0 Å². The van der Waals surface area contributed by atoms with Gasteiger partial charge in [0.1, 0.15) is 5.84 Å². The lowest BCUT2D eigenvalue weighted by Crippen LogP contribution is -2.35. The molecular formula is C24H22N2O4S. The van der Waals surface area contributed by atoms with Gasteiger partial charge in [0.25, 0.3) is 10.0 Å². The molecule has 0 aromatic heterocycles. The van der Waals surface area contributed by atoms with Crippen molar-refractivity contribution in [3.8, 4) is 11.5 Å².